The Morgan fingerprint density at radius 3 is 2.26 bits per heavy atom. The fraction of sp³-hybridized carbons (Fsp3) is 0.333. The second kappa shape index (κ2) is 12.3. The van der Waals surface area contributed by atoms with Crippen LogP contribution in [0.4, 0.5) is 26.3 Å². The number of carboxylic acid groups (broad SMARTS) is 1. The lowest BCUT2D eigenvalue weighted by Gasteiger charge is -2.29. The molecule has 0 bridgehead atoms. The van der Waals surface area contributed by atoms with Crippen molar-refractivity contribution in [2.45, 2.75) is 44.3 Å². The third-order valence-corrected chi connectivity index (χ3v) is 5.72. The standard InChI is InChI=1S/C16H15F6N5O.C8H8O3/c17-10-6-12(19)11(18)4-8(10)3-9(23)5-14(28)26-1-2-27-13(7-26)24-25-15(27)16(20,21)22;9-7(8(10)11)6-4-2-1-3-5-6/h4,6,9H,1-3,5,7,23H2;1-5,7,9H,(H,10,11)/t9-;7-/m11/s1. The summed E-state index contributed by atoms with van der Waals surface area (Å²) in [5.74, 6) is -6.37. The Labute approximate surface area is 217 Å². The molecule has 0 unspecified atom stereocenters. The minimum Gasteiger partial charge on any atom is -0.479 e. The summed E-state index contributed by atoms with van der Waals surface area (Å²) >= 11 is 0. The number of hydrogen-bond donors (Lipinski definition) is 3. The zero-order valence-electron chi connectivity index (χ0n) is 20.1. The molecule has 0 fully saturated rings. The van der Waals surface area contributed by atoms with E-state index in [1.807, 2.05) is 0 Å². The van der Waals surface area contributed by atoms with Crippen molar-refractivity contribution >= 4 is 11.9 Å². The number of aliphatic carboxylic acids is 1. The molecule has 1 aliphatic rings. The van der Waals surface area contributed by atoms with Gasteiger partial charge in [0, 0.05) is 31.6 Å². The van der Waals surface area contributed by atoms with Gasteiger partial charge in [0.2, 0.25) is 11.7 Å². The molecule has 4 N–H and O–H groups in total. The topological polar surface area (TPSA) is 135 Å². The number of carboxylic acids is 1. The van der Waals surface area contributed by atoms with E-state index in [-0.39, 0.29) is 43.9 Å². The number of carbonyl (C=O) groups is 2. The summed E-state index contributed by atoms with van der Waals surface area (Å²) in [5.41, 5.74) is 6.04. The van der Waals surface area contributed by atoms with Gasteiger partial charge in [-0.3, -0.25) is 4.79 Å². The molecule has 0 aliphatic carbocycles. The monoisotopic (exact) mass is 559 g/mol. The van der Waals surface area contributed by atoms with Crippen molar-refractivity contribution in [1.82, 2.24) is 19.7 Å². The second-order valence-corrected chi connectivity index (χ2v) is 8.58. The molecule has 15 heteroatoms. The summed E-state index contributed by atoms with van der Waals surface area (Å²) in [5, 5.41) is 24.0. The third kappa shape index (κ3) is 7.54. The number of aromatic nitrogens is 3. The summed E-state index contributed by atoms with van der Waals surface area (Å²) in [6, 6.07) is 8.45. The molecule has 2 heterocycles. The van der Waals surface area contributed by atoms with Crippen LogP contribution in [0.2, 0.25) is 0 Å². The van der Waals surface area contributed by atoms with Gasteiger partial charge in [-0.1, -0.05) is 30.3 Å². The van der Waals surface area contributed by atoms with Crippen LogP contribution in [0.3, 0.4) is 0 Å². The normalized spacial score (nSPS) is 14.6. The highest BCUT2D eigenvalue weighted by Crippen LogP contribution is 2.29. The lowest BCUT2D eigenvalue weighted by atomic mass is 10.0. The van der Waals surface area contributed by atoms with Gasteiger partial charge in [0.1, 0.15) is 5.82 Å². The SMILES string of the molecule is N[C@@H](CC(=O)N1CCn2c(nnc2C(F)(F)F)C1)Cc1cc(F)c(F)cc1F.O=C(O)[C@H](O)c1ccccc1. The first-order valence-electron chi connectivity index (χ1n) is 11.4. The highest BCUT2D eigenvalue weighted by atomic mass is 19.4. The largest absolute Gasteiger partial charge is 0.479 e. The lowest BCUT2D eigenvalue weighted by Crippen LogP contribution is -2.42. The molecule has 9 nitrogen and oxygen atoms in total. The van der Waals surface area contributed by atoms with Crippen LogP contribution in [0, 0.1) is 17.5 Å². The van der Waals surface area contributed by atoms with Crippen molar-refractivity contribution in [1.29, 1.82) is 0 Å². The first-order valence-corrected chi connectivity index (χ1v) is 11.4. The molecule has 0 saturated heterocycles. The number of amides is 1. The second-order valence-electron chi connectivity index (χ2n) is 8.58. The Morgan fingerprint density at radius 1 is 1.00 bits per heavy atom. The molecule has 1 aromatic heterocycles. The van der Waals surface area contributed by atoms with E-state index in [0.717, 1.165) is 4.57 Å². The molecular formula is C24H23F6N5O4. The number of nitrogens with zero attached hydrogens (tertiary/aromatic N) is 4. The minimum absolute atomic E-state index is 0.000783. The summed E-state index contributed by atoms with van der Waals surface area (Å²) in [7, 11) is 0. The quantitative estimate of drug-likeness (QED) is 0.312. The van der Waals surface area contributed by atoms with E-state index in [1.54, 1.807) is 30.3 Å². The number of fused-ring (bicyclic) bond motifs is 1. The molecule has 2 atom stereocenters. The van der Waals surface area contributed by atoms with Crippen LogP contribution < -0.4 is 5.73 Å². The fourth-order valence-corrected chi connectivity index (χ4v) is 3.79. The molecular weight excluding hydrogens is 536 g/mol. The summed E-state index contributed by atoms with van der Waals surface area (Å²) in [6.45, 7) is -0.302. The maximum Gasteiger partial charge on any atom is 0.451 e. The van der Waals surface area contributed by atoms with Crippen molar-refractivity contribution in [3.8, 4) is 0 Å². The van der Waals surface area contributed by atoms with E-state index in [2.05, 4.69) is 10.2 Å². The number of halogens is 6. The van der Waals surface area contributed by atoms with Crippen molar-refractivity contribution in [3.05, 3.63) is 82.7 Å². The van der Waals surface area contributed by atoms with Gasteiger partial charge >= 0.3 is 12.1 Å². The Bertz CT molecular complexity index is 1320. The van der Waals surface area contributed by atoms with Crippen molar-refractivity contribution in [2.75, 3.05) is 6.54 Å². The van der Waals surface area contributed by atoms with Crippen LogP contribution in [0.25, 0.3) is 0 Å². The van der Waals surface area contributed by atoms with Gasteiger partial charge in [-0.05, 0) is 23.6 Å². The van der Waals surface area contributed by atoms with E-state index in [1.165, 1.54) is 4.90 Å². The van der Waals surface area contributed by atoms with Gasteiger partial charge in [0.05, 0.1) is 6.54 Å². The minimum atomic E-state index is -4.64. The van der Waals surface area contributed by atoms with Crippen molar-refractivity contribution in [2.24, 2.45) is 5.73 Å². The molecule has 1 amide bonds. The van der Waals surface area contributed by atoms with E-state index >= 15 is 0 Å². The van der Waals surface area contributed by atoms with E-state index in [4.69, 9.17) is 15.9 Å². The number of benzene rings is 2. The van der Waals surface area contributed by atoms with Gasteiger partial charge in [0.25, 0.3) is 0 Å². The van der Waals surface area contributed by atoms with Crippen molar-refractivity contribution < 1.29 is 46.1 Å². The Morgan fingerprint density at radius 2 is 1.64 bits per heavy atom. The van der Waals surface area contributed by atoms with E-state index < -0.39 is 53.5 Å². The predicted molar refractivity (Wildman–Crippen MR) is 122 cm³/mol. The van der Waals surface area contributed by atoms with Crippen LogP contribution in [0.5, 0.6) is 0 Å². The first-order chi connectivity index (χ1) is 18.3. The van der Waals surface area contributed by atoms with E-state index in [0.29, 0.717) is 17.7 Å². The van der Waals surface area contributed by atoms with Gasteiger partial charge in [-0.2, -0.15) is 13.2 Å². The molecule has 4 rings (SSSR count). The van der Waals surface area contributed by atoms with Crippen LogP contribution in [0.1, 0.15) is 35.3 Å². The molecule has 0 saturated carbocycles. The van der Waals surface area contributed by atoms with Crippen LogP contribution in [-0.4, -0.2) is 54.3 Å². The molecule has 210 valence electrons. The van der Waals surface area contributed by atoms with Gasteiger partial charge in [-0.25, -0.2) is 18.0 Å². The molecule has 3 aromatic rings. The lowest BCUT2D eigenvalue weighted by molar-refractivity contribution is -0.148. The molecule has 1 aliphatic heterocycles. The molecule has 0 radical (unpaired) electrons. The van der Waals surface area contributed by atoms with Gasteiger partial charge in [-0.15, -0.1) is 10.2 Å². The zero-order valence-corrected chi connectivity index (χ0v) is 20.1. The maximum absolute atomic E-state index is 13.7. The zero-order chi connectivity index (χ0) is 28.9. The maximum atomic E-state index is 13.7. The summed E-state index contributed by atoms with van der Waals surface area (Å²) in [4.78, 5) is 23.9. The summed E-state index contributed by atoms with van der Waals surface area (Å²) in [6.07, 6.45) is -6.51. The number of nitrogens with two attached hydrogens (primary N) is 1. The van der Waals surface area contributed by atoms with Crippen LogP contribution in [0.15, 0.2) is 42.5 Å². The van der Waals surface area contributed by atoms with E-state index in [9.17, 15) is 35.9 Å². The smallest absolute Gasteiger partial charge is 0.451 e. The highest BCUT2D eigenvalue weighted by molar-refractivity contribution is 5.77. The van der Waals surface area contributed by atoms with Crippen LogP contribution >= 0.6 is 0 Å². The predicted octanol–water partition coefficient (Wildman–Crippen LogP) is 2.82. The molecule has 39 heavy (non-hydrogen) atoms. The number of aliphatic hydroxyl groups excluding tert-OH is 1. The van der Waals surface area contributed by atoms with Gasteiger partial charge in [0.15, 0.2) is 23.6 Å². The van der Waals surface area contributed by atoms with Crippen molar-refractivity contribution in [3.63, 3.8) is 0 Å². The van der Waals surface area contributed by atoms with Gasteiger partial charge < -0.3 is 25.4 Å². The Balaban J connectivity index is 0.000000320. The Kier molecular flexibility index (Phi) is 9.29. The average molecular weight is 559 g/mol. The van der Waals surface area contributed by atoms with Crippen LogP contribution in [-0.2, 0) is 35.3 Å². The third-order valence-electron chi connectivity index (χ3n) is 5.72. The highest BCUT2D eigenvalue weighted by Gasteiger charge is 2.40. The average Bonchev–Trinajstić information content (AvgIpc) is 3.32. The number of carbonyl (C=O) groups excluding carboxylic acids is 1. The Hall–Kier alpha value is -3.98. The molecule has 2 aromatic carbocycles. The fourth-order valence-electron chi connectivity index (χ4n) is 3.79. The number of aliphatic hydroxyl groups is 1. The summed E-state index contributed by atoms with van der Waals surface area (Å²) < 4.78 is 79.3. The molecule has 0 spiro atoms. The number of rotatable bonds is 6. The number of alkyl halides is 3. The number of hydrogen-bond acceptors (Lipinski definition) is 6. The first kappa shape index (κ1) is 29.6.